The Morgan fingerprint density at radius 3 is 2.18 bits per heavy atom. The second-order valence-corrected chi connectivity index (χ2v) is 5.85. The molecule has 28 heavy (non-hydrogen) atoms. The Morgan fingerprint density at radius 1 is 0.964 bits per heavy atom. The first-order valence-corrected chi connectivity index (χ1v) is 8.80. The molecule has 1 atom stereocenters. The van der Waals surface area contributed by atoms with Gasteiger partial charge in [-0.15, -0.1) is 0 Å². The minimum Gasteiger partial charge on any atom is -0.508 e. The average Bonchev–Trinajstić information content (AvgIpc) is 2.72. The van der Waals surface area contributed by atoms with Crippen molar-refractivity contribution in [3.63, 3.8) is 0 Å². The zero-order chi connectivity index (χ0) is 20.2. The van der Waals surface area contributed by atoms with E-state index in [0.29, 0.717) is 36.9 Å². The maximum Gasteiger partial charge on any atom is 0.343 e. The maximum atomic E-state index is 11.0. The van der Waals surface area contributed by atoms with Crippen LogP contribution < -0.4 is 19.5 Å². The van der Waals surface area contributed by atoms with Crippen LogP contribution >= 0.6 is 0 Å². The monoisotopic (exact) mass is 391 g/mol. The second kappa shape index (κ2) is 11.7. The van der Waals surface area contributed by atoms with Gasteiger partial charge >= 0.3 is 5.97 Å². The number of hydrogen-bond donors (Lipinski definition) is 3. The van der Waals surface area contributed by atoms with Crippen LogP contribution in [-0.2, 0) is 9.53 Å². The third-order valence-electron chi connectivity index (χ3n) is 3.61. The predicted octanol–water partition coefficient (Wildman–Crippen LogP) is 1.35. The summed E-state index contributed by atoms with van der Waals surface area (Å²) >= 11 is 0. The van der Waals surface area contributed by atoms with Crippen molar-refractivity contribution in [2.24, 2.45) is 0 Å². The van der Waals surface area contributed by atoms with Crippen LogP contribution in [0.5, 0.6) is 23.0 Å². The molecule has 0 aromatic heterocycles. The van der Waals surface area contributed by atoms with E-state index in [9.17, 15) is 15.0 Å². The molecule has 0 saturated carbocycles. The van der Waals surface area contributed by atoms with Gasteiger partial charge in [-0.25, -0.2) is 4.79 Å². The largest absolute Gasteiger partial charge is 0.508 e. The summed E-state index contributed by atoms with van der Waals surface area (Å²) in [5, 5.41) is 22.2. The molecule has 0 aliphatic carbocycles. The van der Waals surface area contributed by atoms with Crippen LogP contribution in [0.1, 0.15) is 0 Å². The number of carbonyl (C=O) groups is 1. The highest BCUT2D eigenvalue weighted by atomic mass is 16.6. The van der Waals surface area contributed by atoms with Crippen molar-refractivity contribution in [3.8, 4) is 23.0 Å². The van der Waals surface area contributed by atoms with Crippen LogP contribution in [0.4, 0.5) is 0 Å². The fourth-order valence-corrected chi connectivity index (χ4v) is 2.14. The molecule has 0 aliphatic heterocycles. The summed E-state index contributed by atoms with van der Waals surface area (Å²) in [5.41, 5.74) is 0. The lowest BCUT2D eigenvalue weighted by Gasteiger charge is -2.14. The van der Waals surface area contributed by atoms with Crippen LogP contribution in [0.25, 0.3) is 0 Å². The molecule has 0 aliphatic rings. The normalized spacial score (nSPS) is 11.5. The predicted molar refractivity (Wildman–Crippen MR) is 102 cm³/mol. The van der Waals surface area contributed by atoms with Gasteiger partial charge in [0, 0.05) is 13.1 Å². The molecular weight excluding hydrogens is 366 g/mol. The Hall–Kier alpha value is -2.97. The van der Waals surface area contributed by atoms with Gasteiger partial charge in [0.05, 0.1) is 7.11 Å². The number of ether oxygens (including phenoxy) is 4. The quantitative estimate of drug-likeness (QED) is 0.368. The SMILES string of the molecule is COC(=O)COc1ccc(OCCNCC(O)COc2ccc(O)cc2)cc1. The fraction of sp³-hybridized carbons (Fsp3) is 0.350. The number of aliphatic hydroxyl groups excluding tert-OH is 1. The number of phenolic OH excluding ortho intramolecular Hbond substituents is 1. The van der Waals surface area contributed by atoms with Gasteiger partial charge in [0.25, 0.3) is 0 Å². The molecular formula is C20H25NO7. The first-order valence-electron chi connectivity index (χ1n) is 8.80. The van der Waals surface area contributed by atoms with E-state index in [0.717, 1.165) is 0 Å². The van der Waals surface area contributed by atoms with Gasteiger partial charge in [-0.1, -0.05) is 0 Å². The van der Waals surface area contributed by atoms with Crippen molar-refractivity contribution in [1.29, 1.82) is 0 Å². The molecule has 8 heteroatoms. The van der Waals surface area contributed by atoms with Gasteiger partial charge < -0.3 is 34.5 Å². The molecule has 152 valence electrons. The van der Waals surface area contributed by atoms with Crippen molar-refractivity contribution in [2.75, 3.05) is 40.0 Å². The molecule has 8 nitrogen and oxygen atoms in total. The summed E-state index contributed by atoms with van der Waals surface area (Å²) in [6, 6.07) is 13.2. The lowest BCUT2D eigenvalue weighted by molar-refractivity contribution is -0.142. The molecule has 0 amide bonds. The van der Waals surface area contributed by atoms with Crippen LogP contribution in [0, 0.1) is 0 Å². The first-order chi connectivity index (χ1) is 13.6. The molecule has 0 heterocycles. The number of aliphatic hydroxyl groups is 1. The number of esters is 1. The molecule has 0 radical (unpaired) electrons. The lowest BCUT2D eigenvalue weighted by atomic mass is 10.3. The van der Waals surface area contributed by atoms with Gasteiger partial charge in [0.15, 0.2) is 6.61 Å². The third-order valence-corrected chi connectivity index (χ3v) is 3.61. The number of hydrogen-bond acceptors (Lipinski definition) is 8. The van der Waals surface area contributed by atoms with E-state index in [-0.39, 0.29) is 19.0 Å². The van der Waals surface area contributed by atoms with Crippen LogP contribution in [-0.4, -0.2) is 62.3 Å². The Balaban J connectivity index is 1.55. The van der Waals surface area contributed by atoms with E-state index in [1.807, 2.05) is 0 Å². The number of phenols is 1. The molecule has 2 aromatic carbocycles. The summed E-state index contributed by atoms with van der Waals surface area (Å²) in [6.45, 7) is 1.34. The van der Waals surface area contributed by atoms with E-state index in [1.165, 1.54) is 19.2 Å². The first kappa shape index (κ1) is 21.3. The zero-order valence-electron chi connectivity index (χ0n) is 15.7. The van der Waals surface area contributed by atoms with Gasteiger partial charge in [0.2, 0.25) is 0 Å². The Morgan fingerprint density at radius 2 is 1.54 bits per heavy atom. The molecule has 0 fully saturated rings. The minimum atomic E-state index is -0.667. The Labute approximate surface area is 163 Å². The summed E-state index contributed by atoms with van der Waals surface area (Å²) in [5.74, 6) is 1.52. The molecule has 2 aromatic rings. The second-order valence-electron chi connectivity index (χ2n) is 5.85. The summed E-state index contributed by atoms with van der Waals surface area (Å²) in [6.07, 6.45) is -0.667. The topological polar surface area (TPSA) is 106 Å². The number of carbonyl (C=O) groups excluding carboxylic acids is 1. The Bertz CT molecular complexity index is 703. The number of rotatable bonds is 12. The van der Waals surface area contributed by atoms with Crippen molar-refractivity contribution in [3.05, 3.63) is 48.5 Å². The van der Waals surface area contributed by atoms with Gasteiger partial charge in [0.1, 0.15) is 42.3 Å². The minimum absolute atomic E-state index is 0.139. The highest BCUT2D eigenvalue weighted by molar-refractivity contribution is 5.70. The highest BCUT2D eigenvalue weighted by Gasteiger charge is 2.05. The third kappa shape index (κ3) is 8.15. The van der Waals surface area contributed by atoms with Gasteiger partial charge in [-0.05, 0) is 48.5 Å². The fourth-order valence-electron chi connectivity index (χ4n) is 2.14. The average molecular weight is 391 g/mol. The maximum absolute atomic E-state index is 11.0. The van der Waals surface area contributed by atoms with E-state index in [4.69, 9.17) is 14.2 Å². The summed E-state index contributed by atoms with van der Waals surface area (Å²) in [7, 11) is 1.30. The lowest BCUT2D eigenvalue weighted by Crippen LogP contribution is -2.33. The molecule has 0 bridgehead atoms. The number of nitrogens with one attached hydrogen (secondary N) is 1. The van der Waals surface area contributed by atoms with Crippen molar-refractivity contribution in [2.45, 2.75) is 6.10 Å². The van der Waals surface area contributed by atoms with Crippen molar-refractivity contribution in [1.82, 2.24) is 5.32 Å². The van der Waals surface area contributed by atoms with E-state index >= 15 is 0 Å². The van der Waals surface area contributed by atoms with E-state index < -0.39 is 12.1 Å². The molecule has 0 spiro atoms. The van der Waals surface area contributed by atoms with Crippen molar-refractivity contribution < 1.29 is 34.0 Å². The summed E-state index contributed by atoms with van der Waals surface area (Å²) < 4.78 is 20.8. The Kier molecular flexibility index (Phi) is 8.90. The van der Waals surface area contributed by atoms with E-state index in [1.54, 1.807) is 36.4 Å². The van der Waals surface area contributed by atoms with Crippen LogP contribution in [0.3, 0.4) is 0 Å². The van der Waals surface area contributed by atoms with Gasteiger partial charge in [-0.2, -0.15) is 0 Å². The van der Waals surface area contributed by atoms with Gasteiger partial charge in [-0.3, -0.25) is 0 Å². The smallest absolute Gasteiger partial charge is 0.343 e. The van der Waals surface area contributed by atoms with Crippen LogP contribution in [0.15, 0.2) is 48.5 Å². The standard InChI is InChI=1S/C20H25NO7/c1-25-20(24)14-28-19-8-6-17(7-9-19)26-11-10-21-12-16(23)13-27-18-4-2-15(22)3-5-18/h2-9,16,21-23H,10-14H2,1H3. The number of aromatic hydroxyl groups is 1. The molecule has 1 unspecified atom stereocenters. The molecule has 3 N–H and O–H groups in total. The molecule has 0 saturated heterocycles. The van der Waals surface area contributed by atoms with Crippen molar-refractivity contribution >= 4 is 5.97 Å². The highest BCUT2D eigenvalue weighted by Crippen LogP contribution is 2.17. The zero-order valence-corrected chi connectivity index (χ0v) is 15.7. The number of methoxy groups -OCH3 is 1. The van der Waals surface area contributed by atoms with E-state index in [2.05, 4.69) is 10.1 Å². The number of benzene rings is 2. The summed E-state index contributed by atoms with van der Waals surface area (Å²) in [4.78, 5) is 11.0. The van der Waals surface area contributed by atoms with Crippen LogP contribution in [0.2, 0.25) is 0 Å². The molecule has 2 rings (SSSR count).